The van der Waals surface area contributed by atoms with E-state index in [1.54, 1.807) is 12.1 Å². The van der Waals surface area contributed by atoms with Crippen LogP contribution in [-0.2, 0) is 6.18 Å². The van der Waals surface area contributed by atoms with Crippen molar-refractivity contribution in [2.24, 2.45) is 0 Å². The Hall–Kier alpha value is -2.17. The van der Waals surface area contributed by atoms with Gasteiger partial charge in [-0.25, -0.2) is 0 Å². The fourth-order valence-electron chi connectivity index (χ4n) is 1.75. The van der Waals surface area contributed by atoms with Crippen LogP contribution in [0.1, 0.15) is 11.1 Å². The van der Waals surface area contributed by atoms with E-state index < -0.39 is 17.8 Å². The normalized spacial score (nSPS) is 11.2. The first kappa shape index (κ1) is 14.2. The van der Waals surface area contributed by atoms with E-state index in [9.17, 15) is 22.0 Å². The maximum absolute atomic E-state index is 12.4. The molecule has 0 unspecified atom stereocenters. The minimum absolute atomic E-state index is 0.334. The molecular weight excluding hydrogens is 275 g/mol. The maximum Gasteiger partial charge on any atom is 0.416 e. The predicted molar refractivity (Wildman–Crippen MR) is 67.1 cm³/mol. The first-order valence-electron chi connectivity index (χ1n) is 5.66. The van der Waals surface area contributed by atoms with E-state index in [-0.39, 0.29) is 0 Å². The minimum atomic E-state index is -4.37. The van der Waals surface area contributed by atoms with Gasteiger partial charge in [0, 0.05) is 6.08 Å². The van der Waals surface area contributed by atoms with Gasteiger partial charge in [0.15, 0.2) is 0 Å². The summed E-state index contributed by atoms with van der Waals surface area (Å²) in [6.45, 7) is 0. The summed E-state index contributed by atoms with van der Waals surface area (Å²) in [6, 6.07) is 10.8. The first-order chi connectivity index (χ1) is 9.36. The molecule has 0 fully saturated rings. The van der Waals surface area contributed by atoms with E-state index in [1.807, 2.05) is 0 Å². The third-order valence-corrected chi connectivity index (χ3v) is 2.73. The van der Waals surface area contributed by atoms with Gasteiger partial charge >= 0.3 is 6.18 Å². The maximum atomic E-state index is 12.4. The molecule has 2 aromatic rings. The summed E-state index contributed by atoms with van der Waals surface area (Å²) < 4.78 is 61.4. The van der Waals surface area contributed by atoms with Gasteiger partial charge in [0.05, 0.1) is 5.56 Å². The molecule has 0 aromatic heterocycles. The van der Waals surface area contributed by atoms with E-state index >= 15 is 0 Å². The summed E-state index contributed by atoms with van der Waals surface area (Å²) in [6.07, 6.45) is -5.45. The summed E-state index contributed by atoms with van der Waals surface area (Å²) in [4.78, 5) is 0. The fraction of sp³-hybridized carbons (Fsp3) is 0.0667. The van der Waals surface area contributed by atoms with Gasteiger partial charge in [0.1, 0.15) is 0 Å². The van der Waals surface area contributed by atoms with E-state index in [2.05, 4.69) is 0 Å². The number of hydrogen-bond donors (Lipinski definition) is 0. The smallest absolute Gasteiger partial charge is 0.173 e. The number of benzene rings is 2. The van der Waals surface area contributed by atoms with Crippen LogP contribution in [0, 0.1) is 0 Å². The van der Waals surface area contributed by atoms with Crippen molar-refractivity contribution in [3.05, 3.63) is 65.7 Å². The molecule has 0 amide bonds. The second-order valence-corrected chi connectivity index (χ2v) is 4.13. The highest BCUT2D eigenvalue weighted by Gasteiger charge is 2.29. The molecule has 0 radical (unpaired) electrons. The Bertz CT molecular complexity index is 602. The standard InChI is InChI=1S/C15H9F5/c16-14(17)9-10-1-3-11(4-2-10)12-5-7-13(8-6-12)15(18,19)20/h1-9H. The Balaban J connectivity index is 2.26. The summed E-state index contributed by atoms with van der Waals surface area (Å²) in [5.74, 6) is 0. The number of rotatable bonds is 2. The number of alkyl halides is 3. The molecule has 0 saturated carbocycles. The van der Waals surface area contributed by atoms with Crippen molar-refractivity contribution >= 4 is 6.08 Å². The molecule has 0 atom stereocenters. The second-order valence-electron chi connectivity index (χ2n) is 4.13. The Morgan fingerprint density at radius 1 is 0.750 bits per heavy atom. The molecule has 2 aromatic carbocycles. The van der Waals surface area contributed by atoms with Gasteiger partial charge in [-0.15, -0.1) is 0 Å². The van der Waals surface area contributed by atoms with Gasteiger partial charge in [0.25, 0.3) is 6.08 Å². The van der Waals surface area contributed by atoms with Crippen LogP contribution in [0.3, 0.4) is 0 Å². The molecule has 0 saturated heterocycles. The van der Waals surface area contributed by atoms with Crippen molar-refractivity contribution in [1.29, 1.82) is 0 Å². The van der Waals surface area contributed by atoms with Crippen LogP contribution < -0.4 is 0 Å². The lowest BCUT2D eigenvalue weighted by Gasteiger charge is -2.08. The molecule has 20 heavy (non-hydrogen) atoms. The SMILES string of the molecule is FC(F)=Cc1ccc(-c2ccc(C(F)(F)F)cc2)cc1. The van der Waals surface area contributed by atoms with Crippen LogP contribution in [0.5, 0.6) is 0 Å². The topological polar surface area (TPSA) is 0 Å². The highest BCUT2D eigenvalue weighted by molar-refractivity contribution is 5.66. The summed E-state index contributed by atoms with van der Waals surface area (Å²) in [5.41, 5.74) is 0.866. The molecule has 2 rings (SSSR count). The number of hydrogen-bond acceptors (Lipinski definition) is 0. The van der Waals surface area contributed by atoms with Crippen LogP contribution in [0.2, 0.25) is 0 Å². The number of halogens is 5. The lowest BCUT2D eigenvalue weighted by Crippen LogP contribution is -2.03. The Kier molecular flexibility index (Phi) is 3.88. The van der Waals surface area contributed by atoms with Crippen molar-refractivity contribution in [3.8, 4) is 11.1 Å². The largest absolute Gasteiger partial charge is 0.416 e. The van der Waals surface area contributed by atoms with Crippen molar-refractivity contribution in [3.63, 3.8) is 0 Å². The molecule has 0 bridgehead atoms. The van der Waals surface area contributed by atoms with Crippen LogP contribution in [0.15, 0.2) is 54.6 Å². The van der Waals surface area contributed by atoms with Gasteiger partial charge in [-0.3, -0.25) is 0 Å². The zero-order chi connectivity index (χ0) is 14.8. The predicted octanol–water partition coefficient (Wildman–Crippen LogP) is 5.61. The molecular formula is C15H9F5. The Morgan fingerprint density at radius 2 is 1.20 bits per heavy atom. The lowest BCUT2D eigenvalue weighted by molar-refractivity contribution is -0.137. The molecule has 0 aliphatic carbocycles. The minimum Gasteiger partial charge on any atom is -0.173 e. The molecule has 5 heteroatoms. The summed E-state index contributed by atoms with van der Waals surface area (Å²) in [5, 5.41) is 0. The Labute approximate surface area is 112 Å². The van der Waals surface area contributed by atoms with E-state index in [4.69, 9.17) is 0 Å². The summed E-state index contributed by atoms with van der Waals surface area (Å²) in [7, 11) is 0. The fourth-order valence-corrected chi connectivity index (χ4v) is 1.75. The molecule has 0 aliphatic heterocycles. The average Bonchev–Trinajstić information content (AvgIpc) is 2.38. The van der Waals surface area contributed by atoms with Crippen LogP contribution in [0.4, 0.5) is 22.0 Å². The first-order valence-corrected chi connectivity index (χ1v) is 5.66. The van der Waals surface area contributed by atoms with Gasteiger partial charge in [-0.2, -0.15) is 22.0 Å². The summed E-state index contributed by atoms with van der Waals surface area (Å²) >= 11 is 0. The molecule has 0 aliphatic rings. The molecule has 0 N–H and O–H groups in total. The van der Waals surface area contributed by atoms with Gasteiger partial charge in [-0.1, -0.05) is 36.4 Å². The zero-order valence-corrected chi connectivity index (χ0v) is 10.1. The van der Waals surface area contributed by atoms with Crippen molar-refractivity contribution in [1.82, 2.24) is 0 Å². The molecule has 0 spiro atoms. The van der Waals surface area contributed by atoms with E-state index in [1.165, 1.54) is 24.3 Å². The Morgan fingerprint density at radius 3 is 1.60 bits per heavy atom. The van der Waals surface area contributed by atoms with Gasteiger partial charge in [-0.05, 0) is 28.8 Å². The van der Waals surface area contributed by atoms with Crippen molar-refractivity contribution < 1.29 is 22.0 Å². The van der Waals surface area contributed by atoms with Crippen molar-refractivity contribution in [2.45, 2.75) is 6.18 Å². The molecule has 0 heterocycles. The van der Waals surface area contributed by atoms with Crippen LogP contribution in [0.25, 0.3) is 17.2 Å². The monoisotopic (exact) mass is 284 g/mol. The van der Waals surface area contributed by atoms with Gasteiger partial charge < -0.3 is 0 Å². The van der Waals surface area contributed by atoms with E-state index in [0.29, 0.717) is 16.7 Å². The van der Waals surface area contributed by atoms with Crippen LogP contribution >= 0.6 is 0 Å². The average molecular weight is 284 g/mol. The lowest BCUT2D eigenvalue weighted by atomic mass is 10.0. The molecule has 0 nitrogen and oxygen atoms in total. The third kappa shape index (κ3) is 3.44. The van der Waals surface area contributed by atoms with E-state index in [0.717, 1.165) is 18.2 Å². The second kappa shape index (κ2) is 5.45. The zero-order valence-electron chi connectivity index (χ0n) is 10.1. The highest BCUT2D eigenvalue weighted by Crippen LogP contribution is 2.31. The van der Waals surface area contributed by atoms with Crippen molar-refractivity contribution in [2.75, 3.05) is 0 Å². The quantitative estimate of drug-likeness (QED) is 0.629. The van der Waals surface area contributed by atoms with Gasteiger partial charge in [0.2, 0.25) is 0 Å². The third-order valence-electron chi connectivity index (χ3n) is 2.73. The highest BCUT2D eigenvalue weighted by atomic mass is 19.4. The molecule has 104 valence electrons. The van der Waals surface area contributed by atoms with Crippen LogP contribution in [-0.4, -0.2) is 0 Å².